The van der Waals surface area contributed by atoms with E-state index in [9.17, 15) is 0 Å². The lowest BCUT2D eigenvalue weighted by atomic mass is 9.88. The molecule has 0 saturated heterocycles. The molecule has 1 unspecified atom stereocenters. The molecule has 0 saturated carbocycles. The maximum atomic E-state index is 5.48. The molecule has 1 atom stereocenters. The summed E-state index contributed by atoms with van der Waals surface area (Å²) in [7, 11) is 0. The molecule has 0 bridgehead atoms. The highest BCUT2D eigenvalue weighted by atomic mass is 16.5. The normalized spacial score (nSPS) is 19.6. The third kappa shape index (κ3) is 3.23. The van der Waals surface area contributed by atoms with Gasteiger partial charge in [0.25, 0.3) is 0 Å². The molecule has 0 spiro atoms. The fraction of sp³-hybridized carbons (Fsp3) is 0.375. The molecule has 2 rings (SSSR count). The Balaban J connectivity index is 2.05. The van der Waals surface area contributed by atoms with Crippen molar-refractivity contribution in [2.45, 2.75) is 26.2 Å². The topological polar surface area (TPSA) is 9.23 Å². The summed E-state index contributed by atoms with van der Waals surface area (Å²) >= 11 is 0. The molecule has 1 aliphatic carbocycles. The van der Waals surface area contributed by atoms with Crippen molar-refractivity contribution in [2.24, 2.45) is 5.92 Å². The Kier molecular flexibility index (Phi) is 4.03. The summed E-state index contributed by atoms with van der Waals surface area (Å²) < 4.78 is 5.48. The SMILES string of the molecule is C=CCOc1ccc(C2=CCC(C)CC2)cc1. The van der Waals surface area contributed by atoms with Gasteiger partial charge >= 0.3 is 0 Å². The molecule has 0 radical (unpaired) electrons. The minimum atomic E-state index is 0.569. The molecule has 1 aliphatic rings. The monoisotopic (exact) mass is 228 g/mol. The lowest BCUT2D eigenvalue weighted by Gasteiger charge is -2.18. The highest BCUT2D eigenvalue weighted by Crippen LogP contribution is 2.30. The first-order chi connectivity index (χ1) is 8.29. The molecule has 1 aromatic rings. The van der Waals surface area contributed by atoms with E-state index < -0.39 is 0 Å². The summed E-state index contributed by atoms with van der Waals surface area (Å²) in [6.45, 7) is 6.53. The van der Waals surface area contributed by atoms with Crippen molar-refractivity contribution in [1.29, 1.82) is 0 Å². The predicted octanol–water partition coefficient (Wildman–Crippen LogP) is 4.45. The second-order valence-electron chi connectivity index (χ2n) is 4.73. The van der Waals surface area contributed by atoms with Crippen molar-refractivity contribution in [2.75, 3.05) is 6.61 Å². The lowest BCUT2D eigenvalue weighted by molar-refractivity contribution is 0.363. The maximum Gasteiger partial charge on any atom is 0.119 e. The zero-order valence-corrected chi connectivity index (χ0v) is 10.5. The average molecular weight is 228 g/mol. The van der Waals surface area contributed by atoms with Gasteiger partial charge in [0.2, 0.25) is 0 Å². The fourth-order valence-electron chi connectivity index (χ4n) is 2.15. The Morgan fingerprint density at radius 2 is 2.12 bits per heavy atom. The number of allylic oxidation sites excluding steroid dienone is 2. The number of hydrogen-bond acceptors (Lipinski definition) is 1. The smallest absolute Gasteiger partial charge is 0.119 e. The van der Waals surface area contributed by atoms with Crippen LogP contribution in [-0.2, 0) is 0 Å². The molecule has 0 aromatic heterocycles. The Hall–Kier alpha value is -1.50. The standard InChI is InChI=1S/C16H20O/c1-3-12-17-16-10-8-15(9-11-16)14-6-4-13(2)5-7-14/h3,6,8-11,13H,1,4-5,7,12H2,2H3. The summed E-state index contributed by atoms with van der Waals surface area (Å²) in [6, 6.07) is 8.38. The largest absolute Gasteiger partial charge is 0.490 e. The molecule has 0 aliphatic heterocycles. The predicted molar refractivity (Wildman–Crippen MR) is 73.1 cm³/mol. The van der Waals surface area contributed by atoms with Crippen molar-refractivity contribution in [1.82, 2.24) is 0 Å². The van der Waals surface area contributed by atoms with Crippen LogP contribution in [0.15, 0.2) is 43.0 Å². The van der Waals surface area contributed by atoms with E-state index in [-0.39, 0.29) is 0 Å². The van der Waals surface area contributed by atoms with Crippen molar-refractivity contribution in [3.05, 3.63) is 48.6 Å². The second kappa shape index (κ2) is 5.72. The molecule has 0 amide bonds. The van der Waals surface area contributed by atoms with Crippen molar-refractivity contribution in [3.63, 3.8) is 0 Å². The van der Waals surface area contributed by atoms with E-state index in [1.807, 2.05) is 12.1 Å². The van der Waals surface area contributed by atoms with E-state index >= 15 is 0 Å². The van der Waals surface area contributed by atoms with E-state index in [4.69, 9.17) is 4.74 Å². The van der Waals surface area contributed by atoms with Gasteiger partial charge in [-0.15, -0.1) is 0 Å². The summed E-state index contributed by atoms with van der Waals surface area (Å²) in [5, 5.41) is 0. The molecule has 1 heteroatoms. The Morgan fingerprint density at radius 3 is 2.71 bits per heavy atom. The molecule has 0 N–H and O–H groups in total. The van der Waals surface area contributed by atoms with Crippen molar-refractivity contribution >= 4 is 5.57 Å². The van der Waals surface area contributed by atoms with Gasteiger partial charge in [0.1, 0.15) is 12.4 Å². The van der Waals surface area contributed by atoms with E-state index in [0.29, 0.717) is 6.61 Å². The molecule has 0 heterocycles. The van der Waals surface area contributed by atoms with Gasteiger partial charge in [0.15, 0.2) is 0 Å². The van der Waals surface area contributed by atoms with Crippen LogP contribution in [0.5, 0.6) is 5.75 Å². The quantitative estimate of drug-likeness (QED) is 0.691. The van der Waals surface area contributed by atoms with Crippen LogP contribution in [0.3, 0.4) is 0 Å². The van der Waals surface area contributed by atoms with Crippen molar-refractivity contribution < 1.29 is 4.74 Å². The van der Waals surface area contributed by atoms with E-state index in [1.54, 1.807) is 6.08 Å². The molecule has 1 nitrogen and oxygen atoms in total. The van der Waals surface area contributed by atoms with Gasteiger partial charge in [-0.05, 0) is 48.4 Å². The summed E-state index contributed by atoms with van der Waals surface area (Å²) in [4.78, 5) is 0. The highest BCUT2D eigenvalue weighted by molar-refractivity contribution is 5.66. The van der Waals surface area contributed by atoms with Crippen molar-refractivity contribution in [3.8, 4) is 5.75 Å². The fourth-order valence-corrected chi connectivity index (χ4v) is 2.15. The van der Waals surface area contributed by atoms with Gasteiger partial charge in [-0.2, -0.15) is 0 Å². The molecular weight excluding hydrogens is 208 g/mol. The van der Waals surface area contributed by atoms with Gasteiger partial charge < -0.3 is 4.74 Å². The molecule has 0 fully saturated rings. The lowest BCUT2D eigenvalue weighted by Crippen LogP contribution is -2.01. The molecular formula is C16H20O. The minimum Gasteiger partial charge on any atom is -0.490 e. The Morgan fingerprint density at radius 1 is 1.35 bits per heavy atom. The van der Waals surface area contributed by atoms with Crippen LogP contribution in [0.4, 0.5) is 0 Å². The zero-order chi connectivity index (χ0) is 12.1. The summed E-state index contributed by atoms with van der Waals surface area (Å²) in [6.07, 6.45) is 7.87. The number of benzene rings is 1. The van der Waals surface area contributed by atoms with Crippen LogP contribution in [0.2, 0.25) is 0 Å². The molecule has 90 valence electrons. The van der Waals surface area contributed by atoms with E-state index in [2.05, 4.69) is 31.7 Å². The van der Waals surface area contributed by atoms with Crippen LogP contribution in [0.25, 0.3) is 5.57 Å². The van der Waals surface area contributed by atoms with Gasteiger partial charge in [-0.1, -0.05) is 37.8 Å². The zero-order valence-electron chi connectivity index (χ0n) is 10.5. The Bertz CT molecular complexity index is 400. The first-order valence-corrected chi connectivity index (χ1v) is 6.32. The average Bonchev–Trinajstić information content (AvgIpc) is 2.38. The number of hydrogen-bond donors (Lipinski definition) is 0. The molecule has 1 aromatic carbocycles. The second-order valence-corrected chi connectivity index (χ2v) is 4.73. The van der Waals surface area contributed by atoms with Crippen LogP contribution in [0, 0.1) is 5.92 Å². The number of ether oxygens (including phenoxy) is 1. The first kappa shape index (κ1) is 12.0. The summed E-state index contributed by atoms with van der Waals surface area (Å²) in [5.41, 5.74) is 2.82. The van der Waals surface area contributed by atoms with E-state index in [1.165, 1.54) is 30.4 Å². The van der Waals surface area contributed by atoms with Crippen LogP contribution >= 0.6 is 0 Å². The third-order valence-electron chi connectivity index (χ3n) is 3.27. The van der Waals surface area contributed by atoms with Crippen LogP contribution < -0.4 is 4.74 Å². The highest BCUT2D eigenvalue weighted by Gasteiger charge is 2.11. The first-order valence-electron chi connectivity index (χ1n) is 6.32. The van der Waals surface area contributed by atoms with E-state index in [0.717, 1.165) is 11.7 Å². The van der Waals surface area contributed by atoms with Crippen LogP contribution in [0.1, 0.15) is 31.7 Å². The van der Waals surface area contributed by atoms with Gasteiger partial charge in [-0.25, -0.2) is 0 Å². The maximum absolute atomic E-state index is 5.48. The van der Waals surface area contributed by atoms with Gasteiger partial charge in [0.05, 0.1) is 0 Å². The third-order valence-corrected chi connectivity index (χ3v) is 3.27. The van der Waals surface area contributed by atoms with Gasteiger partial charge in [0, 0.05) is 0 Å². The Labute approximate surface area is 104 Å². The number of rotatable bonds is 4. The molecule has 17 heavy (non-hydrogen) atoms. The summed E-state index contributed by atoms with van der Waals surface area (Å²) in [5.74, 6) is 1.76. The van der Waals surface area contributed by atoms with Gasteiger partial charge in [-0.3, -0.25) is 0 Å². The van der Waals surface area contributed by atoms with Crippen LogP contribution in [-0.4, -0.2) is 6.61 Å². The minimum absolute atomic E-state index is 0.569.